The van der Waals surface area contributed by atoms with E-state index in [0.29, 0.717) is 0 Å². The monoisotopic (exact) mass is 401 g/mol. The average Bonchev–Trinajstić information content (AvgIpc) is 2.96. The van der Waals surface area contributed by atoms with E-state index in [-0.39, 0.29) is 40.6 Å². The van der Waals surface area contributed by atoms with Crippen LogP contribution in [0.15, 0.2) is 42.1 Å². The lowest BCUT2D eigenvalue weighted by atomic mass is 10.1. The van der Waals surface area contributed by atoms with Crippen LogP contribution in [0, 0.1) is 15.9 Å². The Labute approximate surface area is 164 Å². The number of halogens is 1. The van der Waals surface area contributed by atoms with E-state index in [1.54, 1.807) is 6.07 Å². The highest BCUT2D eigenvalue weighted by Crippen LogP contribution is 2.35. The molecule has 1 aliphatic heterocycles. The first-order valence-corrected chi connectivity index (χ1v) is 8.34. The number of hydrogen-bond donors (Lipinski definition) is 1. The Morgan fingerprint density at radius 2 is 1.83 bits per heavy atom. The van der Waals surface area contributed by atoms with E-state index in [1.165, 1.54) is 44.6 Å². The van der Waals surface area contributed by atoms with Crippen LogP contribution < -0.4 is 14.8 Å². The summed E-state index contributed by atoms with van der Waals surface area (Å²) in [4.78, 5) is 36.4. The van der Waals surface area contributed by atoms with Crippen molar-refractivity contribution in [1.82, 2.24) is 10.2 Å². The summed E-state index contributed by atoms with van der Waals surface area (Å²) in [5.74, 6) is -0.933. The molecule has 0 aromatic heterocycles. The van der Waals surface area contributed by atoms with E-state index >= 15 is 0 Å². The lowest BCUT2D eigenvalue weighted by molar-refractivity contribution is -0.385. The third-order valence-electron chi connectivity index (χ3n) is 4.28. The first kappa shape index (κ1) is 19.8. The van der Waals surface area contributed by atoms with Gasteiger partial charge >= 0.3 is 6.03 Å². The van der Waals surface area contributed by atoms with Crippen molar-refractivity contribution in [3.8, 4) is 11.5 Å². The Morgan fingerprint density at radius 3 is 2.45 bits per heavy atom. The van der Waals surface area contributed by atoms with Crippen LogP contribution in [0.5, 0.6) is 11.5 Å². The van der Waals surface area contributed by atoms with Gasteiger partial charge in [0.05, 0.1) is 37.3 Å². The highest BCUT2D eigenvalue weighted by atomic mass is 19.1. The second kappa shape index (κ2) is 7.97. The number of methoxy groups -OCH3 is 2. The van der Waals surface area contributed by atoms with Gasteiger partial charge in [0.1, 0.15) is 11.5 Å². The molecule has 1 fully saturated rings. The number of rotatable bonds is 6. The summed E-state index contributed by atoms with van der Waals surface area (Å²) in [7, 11) is 2.69. The van der Waals surface area contributed by atoms with E-state index in [1.807, 2.05) is 0 Å². The molecule has 150 valence electrons. The molecule has 0 unspecified atom stereocenters. The number of ether oxygens (including phenoxy) is 2. The van der Waals surface area contributed by atoms with Crippen molar-refractivity contribution >= 4 is 23.7 Å². The molecule has 10 heteroatoms. The molecule has 3 rings (SSSR count). The van der Waals surface area contributed by atoms with Gasteiger partial charge in [-0.3, -0.25) is 19.8 Å². The molecule has 1 aliphatic rings. The lowest BCUT2D eigenvalue weighted by Crippen LogP contribution is -2.30. The Kier molecular flexibility index (Phi) is 5.44. The second-order valence-corrected chi connectivity index (χ2v) is 5.99. The van der Waals surface area contributed by atoms with Crippen LogP contribution in [0.25, 0.3) is 6.08 Å². The van der Waals surface area contributed by atoms with Crippen molar-refractivity contribution in [2.75, 3.05) is 14.2 Å². The first-order chi connectivity index (χ1) is 13.8. The number of imide groups is 1. The zero-order chi connectivity index (χ0) is 21.1. The highest BCUT2D eigenvalue weighted by molar-refractivity contribution is 6.14. The Hall–Kier alpha value is -3.95. The Balaban J connectivity index is 1.97. The number of carbonyl (C=O) groups is 2. The minimum atomic E-state index is -0.757. The summed E-state index contributed by atoms with van der Waals surface area (Å²) in [6.07, 6.45) is 1.17. The Bertz CT molecular complexity index is 1040. The molecule has 0 bridgehead atoms. The molecule has 0 aliphatic carbocycles. The highest BCUT2D eigenvalue weighted by Gasteiger charge is 2.34. The smallest absolute Gasteiger partial charge is 0.329 e. The van der Waals surface area contributed by atoms with Crippen molar-refractivity contribution in [3.63, 3.8) is 0 Å². The van der Waals surface area contributed by atoms with Crippen LogP contribution in [0.3, 0.4) is 0 Å². The molecule has 3 amide bonds. The van der Waals surface area contributed by atoms with Gasteiger partial charge in [-0.15, -0.1) is 0 Å². The maximum absolute atomic E-state index is 13.9. The topological polar surface area (TPSA) is 111 Å². The van der Waals surface area contributed by atoms with E-state index in [4.69, 9.17) is 9.47 Å². The van der Waals surface area contributed by atoms with Crippen LogP contribution >= 0.6 is 0 Å². The number of amides is 3. The molecule has 0 atom stereocenters. The van der Waals surface area contributed by atoms with Gasteiger partial charge in [-0.1, -0.05) is 18.2 Å². The third-order valence-corrected chi connectivity index (χ3v) is 4.28. The summed E-state index contributed by atoms with van der Waals surface area (Å²) in [6.45, 7) is -0.275. The summed E-state index contributed by atoms with van der Waals surface area (Å²) in [6, 6.07) is 7.47. The molecule has 0 saturated carbocycles. The zero-order valence-electron chi connectivity index (χ0n) is 15.5. The van der Waals surface area contributed by atoms with Gasteiger partial charge in [0, 0.05) is 5.56 Å². The van der Waals surface area contributed by atoms with Gasteiger partial charge in [0.2, 0.25) is 0 Å². The van der Waals surface area contributed by atoms with E-state index in [0.717, 1.165) is 11.0 Å². The van der Waals surface area contributed by atoms with Crippen LogP contribution in [-0.4, -0.2) is 36.0 Å². The predicted molar refractivity (Wildman–Crippen MR) is 99.7 cm³/mol. The number of carbonyl (C=O) groups excluding carboxylic acids is 2. The average molecular weight is 401 g/mol. The minimum absolute atomic E-state index is 0.0315. The van der Waals surface area contributed by atoms with E-state index < -0.39 is 22.7 Å². The lowest BCUT2D eigenvalue weighted by Gasteiger charge is -2.12. The third kappa shape index (κ3) is 3.86. The van der Waals surface area contributed by atoms with Crippen molar-refractivity contribution in [2.24, 2.45) is 0 Å². The Morgan fingerprint density at radius 1 is 1.17 bits per heavy atom. The van der Waals surface area contributed by atoms with Gasteiger partial charge in [-0.25, -0.2) is 9.18 Å². The fourth-order valence-corrected chi connectivity index (χ4v) is 2.83. The number of nitro benzene ring substituents is 1. The van der Waals surface area contributed by atoms with Gasteiger partial charge in [-0.05, 0) is 18.2 Å². The maximum Gasteiger partial charge on any atom is 0.329 e. The number of nitro groups is 1. The van der Waals surface area contributed by atoms with Gasteiger partial charge in [0.25, 0.3) is 11.6 Å². The normalized spacial score (nSPS) is 14.9. The number of urea groups is 1. The molecule has 0 spiro atoms. The molecule has 2 aromatic carbocycles. The first-order valence-electron chi connectivity index (χ1n) is 8.34. The van der Waals surface area contributed by atoms with Crippen molar-refractivity contribution in [2.45, 2.75) is 6.54 Å². The molecular weight excluding hydrogens is 385 g/mol. The molecular formula is C19H16FN3O6. The predicted octanol–water partition coefficient (Wildman–Crippen LogP) is 2.84. The summed E-state index contributed by atoms with van der Waals surface area (Å²) in [5, 5.41) is 13.8. The van der Waals surface area contributed by atoms with Crippen molar-refractivity contribution < 1.29 is 28.4 Å². The molecule has 29 heavy (non-hydrogen) atoms. The SMILES string of the molecule is COc1cc(C=C2NC(=O)N(Cc3ccccc3F)C2=O)c([N+](=O)[O-])cc1OC. The second-order valence-electron chi connectivity index (χ2n) is 5.99. The largest absolute Gasteiger partial charge is 0.493 e. The number of benzene rings is 2. The van der Waals surface area contributed by atoms with Gasteiger partial charge < -0.3 is 14.8 Å². The summed E-state index contributed by atoms with van der Waals surface area (Å²) < 4.78 is 24.0. The standard InChI is InChI=1S/C19H16FN3O6/c1-28-16-8-12(15(23(26)27)9-17(16)29-2)7-14-18(24)22(19(25)21-14)10-11-5-3-4-6-13(11)20/h3-9H,10H2,1-2H3,(H,21,25). The van der Waals surface area contributed by atoms with Crippen molar-refractivity contribution in [1.29, 1.82) is 0 Å². The van der Waals surface area contributed by atoms with E-state index in [9.17, 15) is 24.1 Å². The fraction of sp³-hybridized carbons (Fsp3) is 0.158. The molecule has 2 aromatic rings. The molecule has 9 nitrogen and oxygen atoms in total. The van der Waals surface area contributed by atoms with Crippen LogP contribution in [0.2, 0.25) is 0 Å². The molecule has 1 saturated heterocycles. The molecule has 1 heterocycles. The number of nitrogens with one attached hydrogen (secondary N) is 1. The van der Waals surface area contributed by atoms with E-state index in [2.05, 4.69) is 5.32 Å². The fourth-order valence-electron chi connectivity index (χ4n) is 2.83. The molecule has 1 N–H and O–H groups in total. The quantitative estimate of drug-likeness (QED) is 0.345. The molecule has 0 radical (unpaired) electrons. The summed E-state index contributed by atoms with van der Waals surface area (Å²) >= 11 is 0. The van der Waals surface area contributed by atoms with Gasteiger partial charge in [0.15, 0.2) is 11.5 Å². The number of nitrogens with zero attached hydrogens (tertiary/aromatic N) is 2. The number of hydrogen-bond acceptors (Lipinski definition) is 6. The maximum atomic E-state index is 13.9. The van der Waals surface area contributed by atoms with Gasteiger partial charge in [-0.2, -0.15) is 0 Å². The van der Waals surface area contributed by atoms with Crippen molar-refractivity contribution in [3.05, 3.63) is 69.2 Å². The minimum Gasteiger partial charge on any atom is -0.493 e. The summed E-state index contributed by atoms with van der Waals surface area (Å²) in [5.41, 5.74) is -0.329. The van der Waals surface area contributed by atoms with Crippen LogP contribution in [-0.2, 0) is 11.3 Å². The van der Waals surface area contributed by atoms with Crippen LogP contribution in [0.4, 0.5) is 14.9 Å². The van der Waals surface area contributed by atoms with Crippen LogP contribution in [0.1, 0.15) is 11.1 Å². The zero-order valence-corrected chi connectivity index (χ0v) is 15.5.